The molecule has 0 aromatic rings. The van der Waals surface area contributed by atoms with Gasteiger partial charge in [0, 0.05) is 25.2 Å². The summed E-state index contributed by atoms with van der Waals surface area (Å²) in [6, 6.07) is 0. The van der Waals surface area contributed by atoms with E-state index < -0.39 is 29.0 Å². The Hall–Kier alpha value is -0.970. The van der Waals surface area contributed by atoms with Gasteiger partial charge in [0.15, 0.2) is 0 Å². The molecule has 0 aliphatic carbocycles. The molecule has 2 unspecified atom stereocenters. The van der Waals surface area contributed by atoms with Crippen molar-refractivity contribution in [1.82, 2.24) is 4.90 Å². The number of rotatable bonds is 6. The zero-order valence-corrected chi connectivity index (χ0v) is 13.9. The molecule has 3 atom stereocenters. The molecule has 0 saturated carbocycles. The quantitative estimate of drug-likeness (QED) is 0.360. The van der Waals surface area contributed by atoms with Crippen molar-refractivity contribution in [2.24, 2.45) is 11.1 Å². The maximum absolute atomic E-state index is 12.1. The summed E-state index contributed by atoms with van der Waals surface area (Å²) >= 11 is 2.48. The lowest BCUT2D eigenvalue weighted by Gasteiger charge is -2.57. The van der Waals surface area contributed by atoms with E-state index in [0.717, 1.165) is 0 Å². The Kier molecular flexibility index (Phi) is 4.95. The third kappa shape index (κ3) is 2.68. The average molecular weight is 350 g/mol. The van der Waals surface area contributed by atoms with E-state index in [4.69, 9.17) is 10.5 Å². The summed E-state index contributed by atoms with van der Waals surface area (Å²) in [4.78, 5) is 36.3. The molecule has 2 fully saturated rings. The van der Waals surface area contributed by atoms with Crippen LogP contribution in [0.25, 0.3) is 0 Å². The topological polar surface area (TPSA) is 119 Å². The zero-order valence-electron chi connectivity index (χ0n) is 12.2. The minimum absolute atomic E-state index is 0.0648. The highest BCUT2D eigenvalue weighted by Gasteiger charge is 2.64. The number of aliphatic carboxylic acids is 1. The molecule has 0 aromatic heterocycles. The first kappa shape index (κ1) is 17.4. The zero-order chi connectivity index (χ0) is 16.5. The van der Waals surface area contributed by atoms with Crippen molar-refractivity contribution in [3.63, 3.8) is 0 Å². The fourth-order valence-electron chi connectivity index (χ4n) is 2.44. The van der Waals surface area contributed by atoms with Crippen LogP contribution in [-0.4, -0.2) is 77.0 Å². The Morgan fingerprint density at radius 3 is 2.77 bits per heavy atom. The smallest absolute Gasteiger partial charge is 0.315 e. The molecule has 10 heteroatoms. The van der Waals surface area contributed by atoms with Gasteiger partial charge in [-0.3, -0.25) is 20.1 Å². The molecule has 2 heterocycles. The molecule has 0 spiro atoms. The number of carboxylic acids is 1. The maximum atomic E-state index is 12.1. The van der Waals surface area contributed by atoms with Crippen molar-refractivity contribution in [1.29, 1.82) is 0 Å². The highest BCUT2D eigenvalue weighted by atomic mass is 32.2. The van der Waals surface area contributed by atoms with E-state index in [1.807, 2.05) is 0 Å². The van der Waals surface area contributed by atoms with Crippen LogP contribution < -0.4 is 5.73 Å². The van der Waals surface area contributed by atoms with Gasteiger partial charge in [0.2, 0.25) is 5.72 Å². The normalized spacial score (nSPS) is 33.9. The summed E-state index contributed by atoms with van der Waals surface area (Å²) in [5.41, 5.74) is 3.40. The average Bonchev–Trinajstić information content (AvgIpc) is 2.52. The van der Waals surface area contributed by atoms with E-state index in [-0.39, 0.29) is 23.4 Å². The molecule has 2 aliphatic heterocycles. The molecule has 22 heavy (non-hydrogen) atoms. The summed E-state index contributed by atoms with van der Waals surface area (Å²) in [5.74, 6) is -1.22. The SMILES string of the molecule is COC(=O)CSCC1(C(=O)O)CS[C@H]2N(C1)C(=O)C2(N)OC. The lowest BCUT2D eigenvalue weighted by Crippen LogP contribution is -2.81. The number of nitrogens with zero attached hydrogens (tertiary/aromatic N) is 1. The van der Waals surface area contributed by atoms with Crippen LogP contribution in [0.15, 0.2) is 0 Å². The van der Waals surface area contributed by atoms with Crippen molar-refractivity contribution in [2.45, 2.75) is 11.1 Å². The Morgan fingerprint density at radius 1 is 1.55 bits per heavy atom. The number of hydrogen-bond donors (Lipinski definition) is 2. The second-order valence-electron chi connectivity index (χ2n) is 5.25. The minimum Gasteiger partial charge on any atom is -0.481 e. The van der Waals surface area contributed by atoms with E-state index in [0.29, 0.717) is 5.75 Å². The van der Waals surface area contributed by atoms with E-state index in [1.165, 1.54) is 42.6 Å². The Morgan fingerprint density at radius 2 is 2.23 bits per heavy atom. The molecule has 124 valence electrons. The number of nitrogens with two attached hydrogens (primary N) is 1. The number of carbonyl (C=O) groups is 3. The summed E-state index contributed by atoms with van der Waals surface area (Å²) in [7, 11) is 2.64. The monoisotopic (exact) mass is 350 g/mol. The van der Waals surface area contributed by atoms with Crippen molar-refractivity contribution in [3.05, 3.63) is 0 Å². The molecule has 1 amide bonds. The number of methoxy groups -OCH3 is 2. The first-order chi connectivity index (χ1) is 10.3. The lowest BCUT2D eigenvalue weighted by molar-refractivity contribution is -0.190. The molecule has 8 nitrogen and oxygen atoms in total. The van der Waals surface area contributed by atoms with Crippen LogP contribution in [0.3, 0.4) is 0 Å². The number of fused-ring (bicyclic) bond motifs is 1. The van der Waals surface area contributed by atoms with Crippen LogP contribution in [0.4, 0.5) is 0 Å². The summed E-state index contributed by atoms with van der Waals surface area (Å²) in [6.07, 6.45) is 0. The molecule has 2 aliphatic rings. The number of ether oxygens (including phenoxy) is 2. The van der Waals surface area contributed by atoms with Gasteiger partial charge in [-0.05, 0) is 0 Å². The fraction of sp³-hybridized carbons (Fsp3) is 0.750. The number of esters is 1. The van der Waals surface area contributed by atoms with E-state index in [2.05, 4.69) is 4.74 Å². The van der Waals surface area contributed by atoms with Gasteiger partial charge in [-0.25, -0.2) is 0 Å². The Labute approximate surface area is 136 Å². The van der Waals surface area contributed by atoms with E-state index >= 15 is 0 Å². The Bertz CT molecular complexity index is 504. The number of carboxylic acid groups (broad SMARTS) is 1. The van der Waals surface area contributed by atoms with Crippen molar-refractivity contribution >= 4 is 41.4 Å². The van der Waals surface area contributed by atoms with Crippen LogP contribution in [0.2, 0.25) is 0 Å². The second-order valence-corrected chi connectivity index (χ2v) is 7.30. The first-order valence-electron chi connectivity index (χ1n) is 6.45. The predicted octanol–water partition coefficient (Wildman–Crippen LogP) is -0.820. The third-order valence-corrected chi connectivity index (χ3v) is 6.69. The Balaban J connectivity index is 2.04. The predicted molar refractivity (Wildman–Crippen MR) is 81.3 cm³/mol. The van der Waals surface area contributed by atoms with Crippen LogP contribution in [-0.2, 0) is 23.9 Å². The highest BCUT2D eigenvalue weighted by Crippen LogP contribution is 2.47. The number of amides is 1. The van der Waals surface area contributed by atoms with Crippen LogP contribution in [0.5, 0.6) is 0 Å². The summed E-state index contributed by atoms with van der Waals surface area (Å²) in [6.45, 7) is 0.0648. The van der Waals surface area contributed by atoms with Crippen LogP contribution >= 0.6 is 23.5 Å². The van der Waals surface area contributed by atoms with Gasteiger partial charge < -0.3 is 19.5 Å². The van der Waals surface area contributed by atoms with Crippen molar-refractivity contribution in [2.75, 3.05) is 38.0 Å². The van der Waals surface area contributed by atoms with Crippen molar-refractivity contribution < 1.29 is 29.0 Å². The number of hydrogen-bond acceptors (Lipinski definition) is 8. The number of thioether (sulfide) groups is 2. The number of carbonyl (C=O) groups excluding carboxylic acids is 2. The molecule has 2 rings (SSSR count). The van der Waals surface area contributed by atoms with Gasteiger partial charge >= 0.3 is 11.9 Å². The molecule has 2 saturated heterocycles. The van der Waals surface area contributed by atoms with E-state index in [9.17, 15) is 19.5 Å². The third-order valence-electron chi connectivity index (χ3n) is 3.85. The van der Waals surface area contributed by atoms with Gasteiger partial charge in [0.05, 0.1) is 12.9 Å². The molecule has 3 N–H and O–H groups in total. The molecular weight excluding hydrogens is 332 g/mol. The van der Waals surface area contributed by atoms with Gasteiger partial charge in [-0.1, -0.05) is 0 Å². The summed E-state index contributed by atoms with van der Waals surface area (Å²) < 4.78 is 9.59. The van der Waals surface area contributed by atoms with Gasteiger partial charge in [0.1, 0.15) is 10.8 Å². The highest BCUT2D eigenvalue weighted by molar-refractivity contribution is 8.01. The second kappa shape index (κ2) is 6.26. The van der Waals surface area contributed by atoms with Gasteiger partial charge in [0.25, 0.3) is 5.91 Å². The first-order valence-corrected chi connectivity index (χ1v) is 8.66. The van der Waals surface area contributed by atoms with Crippen LogP contribution in [0, 0.1) is 5.41 Å². The molecule has 0 bridgehead atoms. The standard InChI is InChI=1S/C12H18N2O6S2/c1-19-7(15)3-21-5-11(10(17)18)4-14-8(16)12(13,20-2)9(14)22-6-11/h9H,3-6,13H2,1-2H3,(H,17,18)/t9-,11?,12?/m1/s1. The molecule has 0 radical (unpaired) electrons. The van der Waals surface area contributed by atoms with E-state index in [1.54, 1.807) is 0 Å². The van der Waals surface area contributed by atoms with Crippen molar-refractivity contribution in [3.8, 4) is 0 Å². The van der Waals surface area contributed by atoms with Gasteiger partial charge in [-0.15, -0.1) is 23.5 Å². The maximum Gasteiger partial charge on any atom is 0.315 e. The molecular formula is C12H18N2O6S2. The summed E-state index contributed by atoms with van der Waals surface area (Å²) in [5, 5.41) is 9.20. The van der Waals surface area contributed by atoms with Gasteiger partial charge in [-0.2, -0.15) is 0 Å². The minimum atomic E-state index is -1.37. The number of β-lactam (4-membered cyclic amide) rings is 1. The molecule has 0 aromatic carbocycles. The fourth-order valence-corrected chi connectivity index (χ4v) is 5.25. The lowest BCUT2D eigenvalue weighted by atomic mass is 9.88. The van der Waals surface area contributed by atoms with Crippen LogP contribution in [0.1, 0.15) is 0 Å². The largest absolute Gasteiger partial charge is 0.481 e.